The van der Waals surface area contributed by atoms with Crippen molar-refractivity contribution in [2.75, 3.05) is 18.5 Å². The maximum absolute atomic E-state index is 12.8. The normalized spacial score (nSPS) is 22.4. The van der Waals surface area contributed by atoms with Crippen LogP contribution < -0.4 is 5.32 Å². The molecular formula is C13H15F3N2O3. The molecule has 21 heavy (non-hydrogen) atoms. The molecule has 0 spiro atoms. The van der Waals surface area contributed by atoms with Gasteiger partial charge in [-0.2, -0.15) is 13.2 Å². The topological polar surface area (TPSA) is 72.8 Å². The highest BCUT2D eigenvalue weighted by Gasteiger charge is 2.36. The van der Waals surface area contributed by atoms with E-state index in [-0.39, 0.29) is 25.3 Å². The van der Waals surface area contributed by atoms with Crippen LogP contribution in [0, 0.1) is 0 Å². The van der Waals surface area contributed by atoms with Gasteiger partial charge in [-0.1, -0.05) is 12.1 Å². The largest absolute Gasteiger partial charge is 0.418 e. The number of hydrogen-bond acceptors (Lipinski definition) is 3. The van der Waals surface area contributed by atoms with E-state index in [9.17, 15) is 23.1 Å². The van der Waals surface area contributed by atoms with E-state index in [1.165, 1.54) is 12.1 Å². The van der Waals surface area contributed by atoms with Crippen LogP contribution in [0.5, 0.6) is 0 Å². The van der Waals surface area contributed by atoms with Crippen LogP contribution in [-0.4, -0.2) is 46.4 Å². The lowest BCUT2D eigenvalue weighted by molar-refractivity contribution is -0.136. The molecule has 2 atom stereocenters. The third-order valence-electron chi connectivity index (χ3n) is 3.34. The fraction of sp³-hybridized carbons (Fsp3) is 0.462. The molecule has 0 radical (unpaired) electrons. The SMILES string of the molecule is O=C(Nc1ccccc1C(F)(F)F)N1C[C@H](O)C[C@@H]1CO. The predicted octanol–water partition coefficient (Wildman–Crippen LogP) is 1.66. The Morgan fingerprint density at radius 1 is 1.38 bits per heavy atom. The summed E-state index contributed by atoms with van der Waals surface area (Å²) in [6.45, 7) is -0.378. The van der Waals surface area contributed by atoms with E-state index in [4.69, 9.17) is 5.11 Å². The first kappa shape index (κ1) is 15.6. The predicted molar refractivity (Wildman–Crippen MR) is 68.7 cm³/mol. The summed E-state index contributed by atoms with van der Waals surface area (Å²) >= 11 is 0. The van der Waals surface area contributed by atoms with Gasteiger partial charge in [0.15, 0.2) is 0 Å². The molecule has 1 fully saturated rings. The highest BCUT2D eigenvalue weighted by Crippen LogP contribution is 2.34. The fourth-order valence-corrected chi connectivity index (χ4v) is 2.34. The number of carbonyl (C=O) groups is 1. The second kappa shape index (κ2) is 5.90. The van der Waals surface area contributed by atoms with Crippen molar-refractivity contribution in [3.63, 3.8) is 0 Å². The van der Waals surface area contributed by atoms with Crippen molar-refractivity contribution in [3.8, 4) is 0 Å². The van der Waals surface area contributed by atoms with Gasteiger partial charge in [-0.05, 0) is 18.6 Å². The number of carbonyl (C=O) groups excluding carboxylic acids is 1. The molecule has 0 unspecified atom stereocenters. The van der Waals surface area contributed by atoms with Crippen LogP contribution in [0.1, 0.15) is 12.0 Å². The zero-order valence-electron chi connectivity index (χ0n) is 11.0. The molecule has 0 bridgehead atoms. The lowest BCUT2D eigenvalue weighted by Gasteiger charge is -2.24. The first-order chi connectivity index (χ1) is 9.82. The number of β-amino-alcohol motifs (C(OH)–C–C–N with tert-alkyl or cyclic N) is 1. The quantitative estimate of drug-likeness (QED) is 0.778. The number of rotatable bonds is 2. The van der Waals surface area contributed by atoms with Crippen LogP contribution in [0.15, 0.2) is 24.3 Å². The molecule has 0 saturated carbocycles. The molecule has 1 aromatic carbocycles. The standard InChI is InChI=1S/C13H15F3N2O3/c14-13(15,16)10-3-1-2-4-11(10)17-12(21)18-6-9(20)5-8(18)7-19/h1-4,8-9,19-20H,5-7H2,(H,17,21)/t8-,9-/m1/s1. The number of nitrogens with zero attached hydrogens (tertiary/aromatic N) is 1. The van der Waals surface area contributed by atoms with Crippen LogP contribution >= 0.6 is 0 Å². The van der Waals surface area contributed by atoms with E-state index in [2.05, 4.69) is 5.32 Å². The van der Waals surface area contributed by atoms with Gasteiger partial charge in [0, 0.05) is 6.54 Å². The summed E-state index contributed by atoms with van der Waals surface area (Å²) in [4.78, 5) is 13.2. The number of nitrogens with one attached hydrogen (secondary N) is 1. The van der Waals surface area contributed by atoms with Crippen molar-refractivity contribution in [1.29, 1.82) is 0 Å². The van der Waals surface area contributed by atoms with E-state index in [1.807, 2.05) is 0 Å². The van der Waals surface area contributed by atoms with E-state index in [0.717, 1.165) is 17.0 Å². The summed E-state index contributed by atoms with van der Waals surface area (Å²) in [5.41, 5.74) is -1.30. The summed E-state index contributed by atoms with van der Waals surface area (Å²) in [6.07, 6.45) is -5.17. The number of likely N-dealkylation sites (tertiary alicyclic amines) is 1. The number of hydrogen-bond donors (Lipinski definition) is 3. The number of urea groups is 1. The maximum Gasteiger partial charge on any atom is 0.418 e. The number of aliphatic hydroxyl groups excluding tert-OH is 2. The summed E-state index contributed by atoms with van der Waals surface area (Å²) in [6, 6.07) is 3.27. The summed E-state index contributed by atoms with van der Waals surface area (Å²) in [7, 11) is 0. The molecule has 0 aromatic heterocycles. The van der Waals surface area contributed by atoms with Crippen molar-refractivity contribution in [1.82, 2.24) is 4.90 Å². The fourth-order valence-electron chi connectivity index (χ4n) is 2.34. The highest BCUT2D eigenvalue weighted by molar-refractivity contribution is 5.90. The molecule has 5 nitrogen and oxygen atoms in total. The van der Waals surface area contributed by atoms with Gasteiger partial charge in [0.1, 0.15) is 0 Å². The summed E-state index contributed by atoms with van der Waals surface area (Å²) in [5.74, 6) is 0. The lowest BCUT2D eigenvalue weighted by atomic mass is 10.1. The van der Waals surface area contributed by atoms with Crippen molar-refractivity contribution >= 4 is 11.7 Å². The highest BCUT2D eigenvalue weighted by atomic mass is 19.4. The molecule has 1 aliphatic heterocycles. The second-order valence-corrected chi connectivity index (χ2v) is 4.85. The minimum Gasteiger partial charge on any atom is -0.394 e. The van der Waals surface area contributed by atoms with Crippen molar-refractivity contribution in [2.24, 2.45) is 0 Å². The van der Waals surface area contributed by atoms with Gasteiger partial charge >= 0.3 is 12.2 Å². The third kappa shape index (κ3) is 3.45. The van der Waals surface area contributed by atoms with Gasteiger partial charge in [-0.15, -0.1) is 0 Å². The lowest BCUT2D eigenvalue weighted by Crippen LogP contribution is -2.41. The Labute approximate surface area is 119 Å². The van der Waals surface area contributed by atoms with E-state index in [1.54, 1.807) is 0 Å². The van der Waals surface area contributed by atoms with E-state index in [0.29, 0.717) is 0 Å². The monoisotopic (exact) mass is 304 g/mol. The summed E-state index contributed by atoms with van der Waals surface area (Å²) < 4.78 is 38.5. The number of alkyl halides is 3. The van der Waals surface area contributed by atoms with Crippen LogP contribution in [0.2, 0.25) is 0 Å². The van der Waals surface area contributed by atoms with Crippen molar-refractivity contribution in [3.05, 3.63) is 29.8 Å². The van der Waals surface area contributed by atoms with Crippen LogP contribution in [0.4, 0.5) is 23.7 Å². The Morgan fingerprint density at radius 3 is 2.67 bits per heavy atom. The minimum atomic E-state index is -4.58. The van der Waals surface area contributed by atoms with E-state index < -0.39 is 29.9 Å². The number of benzene rings is 1. The Kier molecular flexibility index (Phi) is 4.38. The number of aliphatic hydroxyl groups is 2. The minimum absolute atomic E-state index is 0.0226. The zero-order valence-corrected chi connectivity index (χ0v) is 11.0. The Balaban J connectivity index is 2.17. The molecule has 0 aliphatic carbocycles. The average Bonchev–Trinajstić information content (AvgIpc) is 2.79. The molecule has 1 saturated heterocycles. The molecule has 2 amide bonds. The molecule has 3 N–H and O–H groups in total. The third-order valence-corrected chi connectivity index (χ3v) is 3.34. The first-order valence-corrected chi connectivity index (χ1v) is 6.35. The molecule has 1 aromatic rings. The molecule has 2 rings (SSSR count). The van der Waals surface area contributed by atoms with Gasteiger partial charge in [0.05, 0.1) is 30.0 Å². The first-order valence-electron chi connectivity index (χ1n) is 6.35. The van der Waals surface area contributed by atoms with Gasteiger partial charge in [0.25, 0.3) is 0 Å². The smallest absolute Gasteiger partial charge is 0.394 e. The Hall–Kier alpha value is -1.80. The number of amides is 2. The molecule has 8 heteroatoms. The number of para-hydroxylation sites is 1. The Morgan fingerprint density at radius 2 is 2.05 bits per heavy atom. The van der Waals surface area contributed by atoms with E-state index >= 15 is 0 Å². The number of halogens is 3. The molecule has 116 valence electrons. The number of anilines is 1. The molecular weight excluding hydrogens is 289 g/mol. The Bertz CT molecular complexity index is 522. The van der Waals surface area contributed by atoms with Crippen LogP contribution in [-0.2, 0) is 6.18 Å². The maximum atomic E-state index is 12.8. The van der Waals surface area contributed by atoms with Crippen LogP contribution in [0.3, 0.4) is 0 Å². The van der Waals surface area contributed by atoms with Crippen molar-refractivity contribution < 1.29 is 28.2 Å². The van der Waals surface area contributed by atoms with Gasteiger partial charge < -0.3 is 20.4 Å². The molecule has 1 heterocycles. The van der Waals surface area contributed by atoms with Gasteiger partial charge in [-0.25, -0.2) is 4.79 Å². The van der Waals surface area contributed by atoms with Gasteiger partial charge in [-0.3, -0.25) is 0 Å². The van der Waals surface area contributed by atoms with Crippen LogP contribution in [0.25, 0.3) is 0 Å². The van der Waals surface area contributed by atoms with Gasteiger partial charge in [0.2, 0.25) is 0 Å². The average molecular weight is 304 g/mol. The zero-order chi connectivity index (χ0) is 15.6. The second-order valence-electron chi connectivity index (χ2n) is 4.85. The molecule has 1 aliphatic rings. The summed E-state index contributed by atoms with van der Waals surface area (Å²) in [5, 5.41) is 20.8. The van der Waals surface area contributed by atoms with Crippen molar-refractivity contribution in [2.45, 2.75) is 24.7 Å².